The first kappa shape index (κ1) is 12.6. The lowest BCUT2D eigenvalue weighted by Gasteiger charge is -2.37. The van der Waals surface area contributed by atoms with E-state index in [1.54, 1.807) is 0 Å². The molecule has 2 aliphatic carbocycles. The summed E-state index contributed by atoms with van der Waals surface area (Å²) in [5.74, 6) is 0. The molecule has 0 atom stereocenters. The quantitative estimate of drug-likeness (QED) is 0.891. The highest BCUT2D eigenvalue weighted by Gasteiger charge is 2.37. The molecule has 3 rings (SSSR count). The van der Waals surface area contributed by atoms with E-state index < -0.39 is 0 Å². The Kier molecular flexibility index (Phi) is 3.71. The largest absolute Gasteiger partial charge is 0.308 e. The van der Waals surface area contributed by atoms with Crippen molar-refractivity contribution in [3.63, 3.8) is 0 Å². The second kappa shape index (κ2) is 5.30. The topological polar surface area (TPSA) is 24.9 Å². The molecule has 0 unspecified atom stereocenters. The van der Waals surface area contributed by atoms with E-state index in [4.69, 9.17) is 0 Å². The van der Waals surface area contributed by atoms with Gasteiger partial charge in [0.15, 0.2) is 0 Å². The van der Waals surface area contributed by atoms with Gasteiger partial charge in [0.1, 0.15) is 5.01 Å². The zero-order chi connectivity index (χ0) is 12.4. The Bertz CT molecular complexity index is 383. The maximum Gasteiger partial charge on any atom is 0.107 e. The molecule has 100 valence electrons. The molecule has 0 radical (unpaired) electrons. The van der Waals surface area contributed by atoms with Crippen LogP contribution in [0.25, 0.3) is 0 Å². The Hall–Kier alpha value is -0.410. The molecule has 1 aromatic rings. The average Bonchev–Trinajstić information content (AvgIpc) is 2.99. The lowest BCUT2D eigenvalue weighted by atomic mass is 9.71. The molecular weight excluding hydrogens is 240 g/mol. The number of rotatable bonds is 3. The smallest absolute Gasteiger partial charge is 0.107 e. The summed E-state index contributed by atoms with van der Waals surface area (Å²) in [5, 5.41) is 4.95. The number of thiazole rings is 1. The lowest BCUT2D eigenvalue weighted by Crippen LogP contribution is -2.36. The average molecular weight is 264 g/mol. The van der Waals surface area contributed by atoms with E-state index in [1.807, 2.05) is 17.5 Å². The van der Waals surface area contributed by atoms with E-state index in [-0.39, 0.29) is 0 Å². The maximum absolute atomic E-state index is 4.43. The minimum absolute atomic E-state index is 0.737. The Balaban J connectivity index is 1.45. The molecule has 18 heavy (non-hydrogen) atoms. The van der Waals surface area contributed by atoms with E-state index in [9.17, 15) is 0 Å². The van der Waals surface area contributed by atoms with Gasteiger partial charge in [-0.2, -0.15) is 0 Å². The molecule has 1 heterocycles. The molecular formula is C15H24N2S. The summed E-state index contributed by atoms with van der Waals surface area (Å²) in [5.41, 5.74) is 0.760. The van der Waals surface area contributed by atoms with Crippen molar-refractivity contribution in [2.75, 3.05) is 0 Å². The van der Waals surface area contributed by atoms with Gasteiger partial charge in [-0.25, -0.2) is 4.98 Å². The Labute approximate surface area is 114 Å². The first-order valence-electron chi connectivity index (χ1n) is 7.41. The number of aromatic nitrogens is 1. The molecule has 1 N–H and O–H groups in total. The Morgan fingerprint density at radius 3 is 2.61 bits per heavy atom. The highest BCUT2D eigenvalue weighted by Crippen LogP contribution is 2.48. The summed E-state index contributed by atoms with van der Waals surface area (Å²) in [6, 6.07) is 0.737. The van der Waals surface area contributed by atoms with Crippen LogP contribution in [0.15, 0.2) is 6.20 Å². The summed E-state index contributed by atoms with van der Waals surface area (Å²) in [6.45, 7) is 3.10. The fourth-order valence-electron chi connectivity index (χ4n) is 3.77. The van der Waals surface area contributed by atoms with Gasteiger partial charge < -0.3 is 5.32 Å². The minimum Gasteiger partial charge on any atom is -0.308 e. The van der Waals surface area contributed by atoms with Crippen LogP contribution in [0.5, 0.6) is 0 Å². The van der Waals surface area contributed by atoms with Crippen molar-refractivity contribution in [3.05, 3.63) is 16.1 Å². The van der Waals surface area contributed by atoms with Crippen LogP contribution < -0.4 is 5.32 Å². The fraction of sp³-hybridized carbons (Fsp3) is 0.800. The summed E-state index contributed by atoms with van der Waals surface area (Å²) in [4.78, 5) is 5.75. The van der Waals surface area contributed by atoms with Gasteiger partial charge >= 0.3 is 0 Å². The van der Waals surface area contributed by atoms with Crippen LogP contribution in [0.1, 0.15) is 61.3 Å². The summed E-state index contributed by atoms with van der Waals surface area (Å²) >= 11 is 1.82. The van der Waals surface area contributed by atoms with Crippen LogP contribution in [0.2, 0.25) is 0 Å². The van der Waals surface area contributed by atoms with Crippen molar-refractivity contribution in [1.29, 1.82) is 0 Å². The molecule has 2 aliphatic rings. The van der Waals surface area contributed by atoms with Crippen LogP contribution >= 0.6 is 11.3 Å². The van der Waals surface area contributed by atoms with Crippen molar-refractivity contribution >= 4 is 11.3 Å². The molecule has 1 spiro atoms. The molecule has 3 heteroatoms. The predicted molar refractivity (Wildman–Crippen MR) is 76.8 cm³/mol. The normalized spacial score (nSPS) is 23.8. The highest BCUT2D eigenvalue weighted by molar-refractivity contribution is 7.11. The van der Waals surface area contributed by atoms with E-state index in [2.05, 4.69) is 17.2 Å². The summed E-state index contributed by atoms with van der Waals surface area (Å²) in [6.07, 6.45) is 13.6. The van der Waals surface area contributed by atoms with Crippen molar-refractivity contribution in [2.24, 2.45) is 5.41 Å². The van der Waals surface area contributed by atoms with Crippen LogP contribution in [0, 0.1) is 12.3 Å². The van der Waals surface area contributed by atoms with Crippen molar-refractivity contribution < 1.29 is 0 Å². The molecule has 1 aromatic heterocycles. The van der Waals surface area contributed by atoms with Crippen molar-refractivity contribution in [1.82, 2.24) is 10.3 Å². The van der Waals surface area contributed by atoms with Gasteiger partial charge in [0.25, 0.3) is 0 Å². The standard InChI is InChI=1S/C15H24N2S/c1-12-10-17-14(18-12)11-16-13-4-8-15(9-5-13)6-2-3-7-15/h10,13,16H,2-9,11H2,1H3. The lowest BCUT2D eigenvalue weighted by molar-refractivity contribution is 0.168. The number of hydrogen-bond acceptors (Lipinski definition) is 3. The molecule has 2 nitrogen and oxygen atoms in total. The summed E-state index contributed by atoms with van der Waals surface area (Å²) < 4.78 is 0. The molecule has 2 saturated carbocycles. The number of aryl methyl sites for hydroxylation is 1. The van der Waals surface area contributed by atoms with E-state index >= 15 is 0 Å². The third-order valence-corrected chi connectivity index (χ3v) is 5.83. The molecule has 0 aromatic carbocycles. The van der Waals surface area contributed by atoms with Gasteiger partial charge in [-0.1, -0.05) is 12.8 Å². The molecule has 2 fully saturated rings. The first-order valence-corrected chi connectivity index (χ1v) is 8.22. The third kappa shape index (κ3) is 2.77. The zero-order valence-corrected chi connectivity index (χ0v) is 12.2. The highest BCUT2D eigenvalue weighted by atomic mass is 32.1. The van der Waals surface area contributed by atoms with E-state index in [0.717, 1.165) is 18.0 Å². The minimum atomic E-state index is 0.737. The zero-order valence-electron chi connectivity index (χ0n) is 11.4. The fourth-order valence-corrected chi connectivity index (χ4v) is 4.51. The maximum atomic E-state index is 4.43. The van der Waals surface area contributed by atoms with Crippen LogP contribution in [-0.2, 0) is 6.54 Å². The van der Waals surface area contributed by atoms with Crippen LogP contribution in [-0.4, -0.2) is 11.0 Å². The van der Waals surface area contributed by atoms with Gasteiger partial charge in [0.2, 0.25) is 0 Å². The molecule has 0 aliphatic heterocycles. The molecule has 0 amide bonds. The second-order valence-electron chi connectivity index (χ2n) is 6.23. The van der Waals surface area contributed by atoms with Gasteiger partial charge in [-0.05, 0) is 50.9 Å². The van der Waals surface area contributed by atoms with Crippen molar-refractivity contribution in [3.8, 4) is 0 Å². The van der Waals surface area contributed by atoms with Crippen molar-refractivity contribution in [2.45, 2.75) is 70.9 Å². The predicted octanol–water partition coefficient (Wildman–Crippen LogP) is 4.04. The molecule has 0 saturated heterocycles. The van der Waals surface area contributed by atoms with Gasteiger partial charge in [0, 0.05) is 23.7 Å². The SMILES string of the molecule is Cc1cnc(CNC2CCC3(CCCC3)CC2)s1. The first-order chi connectivity index (χ1) is 8.76. The third-order valence-electron chi connectivity index (χ3n) is 4.92. The van der Waals surface area contributed by atoms with E-state index in [1.165, 1.54) is 61.3 Å². The number of nitrogens with zero attached hydrogens (tertiary/aromatic N) is 1. The van der Waals surface area contributed by atoms with Crippen LogP contribution in [0.4, 0.5) is 0 Å². The van der Waals surface area contributed by atoms with Crippen LogP contribution in [0.3, 0.4) is 0 Å². The summed E-state index contributed by atoms with van der Waals surface area (Å²) in [7, 11) is 0. The van der Waals surface area contributed by atoms with Gasteiger partial charge in [-0.3, -0.25) is 0 Å². The monoisotopic (exact) mass is 264 g/mol. The Morgan fingerprint density at radius 2 is 2.00 bits per heavy atom. The van der Waals surface area contributed by atoms with Gasteiger partial charge in [0.05, 0.1) is 0 Å². The number of hydrogen-bond donors (Lipinski definition) is 1. The van der Waals surface area contributed by atoms with Gasteiger partial charge in [-0.15, -0.1) is 11.3 Å². The van der Waals surface area contributed by atoms with E-state index in [0.29, 0.717) is 0 Å². The number of nitrogens with one attached hydrogen (secondary N) is 1. The Morgan fingerprint density at radius 1 is 1.28 bits per heavy atom. The second-order valence-corrected chi connectivity index (χ2v) is 7.55. The molecule has 0 bridgehead atoms.